The number of hydrogen-bond acceptors (Lipinski definition) is 3. The van der Waals surface area contributed by atoms with Crippen LogP contribution in [0, 0.1) is 6.92 Å². The normalized spacial score (nSPS) is 11.0. The van der Waals surface area contributed by atoms with E-state index >= 15 is 0 Å². The van der Waals surface area contributed by atoms with Crippen LogP contribution in [-0.4, -0.2) is 9.78 Å². The van der Waals surface area contributed by atoms with Gasteiger partial charge in [-0.3, -0.25) is 4.68 Å². The molecule has 0 atom stereocenters. The summed E-state index contributed by atoms with van der Waals surface area (Å²) in [6.45, 7) is 6.15. The van der Waals surface area contributed by atoms with Crippen LogP contribution in [0.15, 0.2) is 17.6 Å². The van der Waals surface area contributed by atoms with Crippen molar-refractivity contribution in [2.75, 3.05) is 0 Å². The fraction of sp³-hybridized carbons (Fsp3) is 0.462. The monoisotopic (exact) mass is 249 g/mol. The van der Waals surface area contributed by atoms with E-state index in [1.807, 2.05) is 23.1 Å². The van der Waals surface area contributed by atoms with E-state index in [2.05, 4.69) is 41.9 Å². The van der Waals surface area contributed by atoms with Gasteiger partial charge in [-0.05, 0) is 30.4 Å². The number of nitrogens with one attached hydrogen (secondary N) is 1. The minimum atomic E-state index is 0.897. The van der Waals surface area contributed by atoms with Crippen LogP contribution in [0.4, 0.5) is 0 Å². The van der Waals surface area contributed by atoms with Gasteiger partial charge in [-0.1, -0.05) is 6.92 Å². The summed E-state index contributed by atoms with van der Waals surface area (Å²) in [7, 11) is 1.98. The molecule has 0 bridgehead atoms. The molecule has 2 heterocycles. The number of aromatic nitrogens is 2. The maximum Gasteiger partial charge on any atom is 0.0666 e. The van der Waals surface area contributed by atoms with Gasteiger partial charge in [0.05, 0.1) is 5.69 Å². The fourth-order valence-corrected chi connectivity index (χ4v) is 2.80. The van der Waals surface area contributed by atoms with Crippen LogP contribution in [0.5, 0.6) is 0 Å². The molecule has 2 rings (SSSR count). The van der Waals surface area contributed by atoms with Crippen molar-refractivity contribution in [2.45, 2.75) is 33.4 Å². The Morgan fingerprint density at radius 2 is 2.24 bits per heavy atom. The fourth-order valence-electron chi connectivity index (χ4n) is 1.92. The molecule has 4 heteroatoms. The van der Waals surface area contributed by atoms with E-state index < -0.39 is 0 Å². The van der Waals surface area contributed by atoms with Crippen LogP contribution in [-0.2, 0) is 26.6 Å². The van der Waals surface area contributed by atoms with Crippen molar-refractivity contribution in [3.05, 3.63) is 39.3 Å². The van der Waals surface area contributed by atoms with Gasteiger partial charge in [0, 0.05) is 36.8 Å². The average molecular weight is 249 g/mol. The Morgan fingerprint density at radius 3 is 2.88 bits per heavy atom. The Bertz CT molecular complexity index is 485. The minimum Gasteiger partial charge on any atom is -0.308 e. The Morgan fingerprint density at radius 1 is 1.41 bits per heavy atom. The molecule has 0 unspecified atom stereocenters. The largest absolute Gasteiger partial charge is 0.308 e. The third-order valence-corrected chi connectivity index (χ3v) is 3.92. The van der Waals surface area contributed by atoms with E-state index in [4.69, 9.17) is 0 Å². The molecule has 0 aliphatic rings. The highest BCUT2D eigenvalue weighted by Gasteiger charge is 2.05. The summed E-state index contributed by atoms with van der Waals surface area (Å²) >= 11 is 1.82. The van der Waals surface area contributed by atoms with Gasteiger partial charge in [-0.15, -0.1) is 11.3 Å². The maximum atomic E-state index is 4.44. The van der Waals surface area contributed by atoms with Gasteiger partial charge in [-0.2, -0.15) is 5.10 Å². The first-order chi connectivity index (χ1) is 8.20. The quantitative estimate of drug-likeness (QED) is 0.883. The third kappa shape index (κ3) is 2.96. The van der Waals surface area contributed by atoms with Crippen molar-refractivity contribution in [1.29, 1.82) is 0 Å². The van der Waals surface area contributed by atoms with Crippen LogP contribution >= 0.6 is 11.3 Å². The zero-order valence-corrected chi connectivity index (χ0v) is 11.5. The standard InChI is InChI=1S/C13H19N3S/c1-4-12-11(9-16(3)15-12)7-14-8-13-10(2)5-6-17-13/h5-6,9,14H,4,7-8H2,1-3H3. The lowest BCUT2D eigenvalue weighted by atomic mass is 10.2. The van der Waals surface area contributed by atoms with Crippen molar-refractivity contribution in [3.8, 4) is 0 Å². The Labute approximate surface area is 106 Å². The second kappa shape index (κ2) is 5.47. The highest BCUT2D eigenvalue weighted by Crippen LogP contribution is 2.15. The molecule has 0 aliphatic carbocycles. The second-order valence-electron chi connectivity index (χ2n) is 4.26. The molecule has 1 N–H and O–H groups in total. The van der Waals surface area contributed by atoms with Gasteiger partial charge in [0.1, 0.15) is 0 Å². The molecule has 0 saturated carbocycles. The molecule has 0 saturated heterocycles. The van der Waals surface area contributed by atoms with E-state index in [-0.39, 0.29) is 0 Å². The molecule has 0 aromatic carbocycles. The first-order valence-corrected chi connectivity index (χ1v) is 6.83. The Hall–Kier alpha value is -1.13. The van der Waals surface area contributed by atoms with Gasteiger partial charge in [-0.25, -0.2) is 0 Å². The summed E-state index contributed by atoms with van der Waals surface area (Å²) in [5, 5.41) is 10.1. The molecule has 2 aromatic heterocycles. The summed E-state index contributed by atoms with van der Waals surface area (Å²) in [6, 6.07) is 2.17. The predicted molar refractivity (Wildman–Crippen MR) is 72.2 cm³/mol. The number of aryl methyl sites for hydroxylation is 3. The summed E-state index contributed by atoms with van der Waals surface area (Å²) in [4.78, 5) is 1.42. The lowest BCUT2D eigenvalue weighted by Crippen LogP contribution is -2.13. The first-order valence-electron chi connectivity index (χ1n) is 5.95. The molecule has 0 radical (unpaired) electrons. The predicted octanol–water partition coefficient (Wildman–Crippen LogP) is 2.64. The molecule has 92 valence electrons. The van der Waals surface area contributed by atoms with E-state index in [0.29, 0.717) is 0 Å². The summed E-state index contributed by atoms with van der Waals surface area (Å²) in [5.41, 5.74) is 3.89. The zero-order chi connectivity index (χ0) is 12.3. The van der Waals surface area contributed by atoms with Gasteiger partial charge in [0.15, 0.2) is 0 Å². The number of nitrogens with zero attached hydrogens (tertiary/aromatic N) is 2. The Kier molecular flexibility index (Phi) is 3.97. The van der Waals surface area contributed by atoms with Gasteiger partial charge in [0.25, 0.3) is 0 Å². The molecule has 0 spiro atoms. The van der Waals surface area contributed by atoms with Gasteiger partial charge < -0.3 is 5.32 Å². The van der Waals surface area contributed by atoms with Crippen LogP contribution in [0.25, 0.3) is 0 Å². The van der Waals surface area contributed by atoms with Gasteiger partial charge >= 0.3 is 0 Å². The van der Waals surface area contributed by atoms with Crippen molar-refractivity contribution >= 4 is 11.3 Å². The van der Waals surface area contributed by atoms with E-state index in [1.54, 1.807) is 0 Å². The lowest BCUT2D eigenvalue weighted by molar-refractivity contribution is 0.693. The Balaban J connectivity index is 1.92. The third-order valence-electron chi connectivity index (χ3n) is 2.90. The summed E-state index contributed by atoms with van der Waals surface area (Å²) < 4.78 is 1.90. The molecular formula is C13H19N3S. The van der Waals surface area contributed by atoms with Crippen molar-refractivity contribution in [3.63, 3.8) is 0 Å². The van der Waals surface area contributed by atoms with Crippen molar-refractivity contribution in [2.24, 2.45) is 7.05 Å². The molecular weight excluding hydrogens is 230 g/mol. The van der Waals surface area contributed by atoms with Crippen molar-refractivity contribution < 1.29 is 0 Å². The topological polar surface area (TPSA) is 29.9 Å². The molecule has 0 amide bonds. The van der Waals surface area contributed by atoms with Crippen LogP contribution in [0.2, 0.25) is 0 Å². The first kappa shape index (κ1) is 12.3. The van der Waals surface area contributed by atoms with E-state index in [1.165, 1.54) is 21.7 Å². The molecule has 3 nitrogen and oxygen atoms in total. The molecule has 17 heavy (non-hydrogen) atoms. The number of thiophene rings is 1. The lowest BCUT2D eigenvalue weighted by Gasteiger charge is -2.03. The molecule has 0 fully saturated rings. The maximum absolute atomic E-state index is 4.44. The van der Waals surface area contributed by atoms with E-state index in [0.717, 1.165) is 19.5 Å². The molecule has 0 aliphatic heterocycles. The highest BCUT2D eigenvalue weighted by molar-refractivity contribution is 7.10. The summed E-state index contributed by atoms with van der Waals surface area (Å²) in [6.07, 6.45) is 3.10. The van der Waals surface area contributed by atoms with Crippen molar-refractivity contribution in [1.82, 2.24) is 15.1 Å². The van der Waals surface area contributed by atoms with Crippen LogP contribution in [0.3, 0.4) is 0 Å². The van der Waals surface area contributed by atoms with E-state index in [9.17, 15) is 0 Å². The molecule has 2 aromatic rings. The number of hydrogen-bond donors (Lipinski definition) is 1. The van der Waals surface area contributed by atoms with Gasteiger partial charge in [0.2, 0.25) is 0 Å². The SMILES string of the molecule is CCc1nn(C)cc1CNCc1sccc1C. The minimum absolute atomic E-state index is 0.897. The number of rotatable bonds is 5. The smallest absolute Gasteiger partial charge is 0.0666 e. The second-order valence-corrected chi connectivity index (χ2v) is 5.26. The van der Waals surface area contributed by atoms with Crippen LogP contribution < -0.4 is 5.32 Å². The van der Waals surface area contributed by atoms with Crippen LogP contribution in [0.1, 0.15) is 28.6 Å². The highest BCUT2D eigenvalue weighted by atomic mass is 32.1. The zero-order valence-electron chi connectivity index (χ0n) is 10.7. The summed E-state index contributed by atoms with van der Waals surface area (Å²) in [5.74, 6) is 0. The average Bonchev–Trinajstić information content (AvgIpc) is 2.86.